The normalized spacial score (nSPS) is 15.2. The van der Waals surface area contributed by atoms with Crippen LogP contribution in [-0.2, 0) is 9.59 Å². The van der Waals surface area contributed by atoms with E-state index in [1.165, 1.54) is 6.07 Å². The molecule has 0 unspecified atom stereocenters. The molecule has 0 radical (unpaired) electrons. The van der Waals surface area contributed by atoms with Crippen molar-refractivity contribution in [3.8, 4) is 0 Å². The van der Waals surface area contributed by atoms with Crippen molar-refractivity contribution in [2.75, 3.05) is 18.4 Å². The topological polar surface area (TPSA) is 99.9 Å². The number of hydrogen-bond acceptors (Lipinski definition) is 5. The molecular formula is C21H28N2O5. The SMILES string of the molecule is Cc1cc2oc(=O)cc(C)c2cc1NC(=O)C1CCN(C(C)C)CC1.O=CO. The Hall–Kier alpha value is -2.67. The molecule has 1 amide bonds. The van der Waals surface area contributed by atoms with Crippen LogP contribution in [0.1, 0.15) is 37.8 Å². The molecule has 2 heterocycles. The van der Waals surface area contributed by atoms with Crippen LogP contribution < -0.4 is 10.9 Å². The molecule has 152 valence electrons. The minimum Gasteiger partial charge on any atom is -0.483 e. The van der Waals surface area contributed by atoms with Crippen LogP contribution in [0, 0.1) is 19.8 Å². The van der Waals surface area contributed by atoms with Gasteiger partial charge in [-0.05, 0) is 76.9 Å². The van der Waals surface area contributed by atoms with Gasteiger partial charge in [-0.1, -0.05) is 0 Å². The summed E-state index contributed by atoms with van der Waals surface area (Å²) in [7, 11) is 0. The number of nitrogens with one attached hydrogen (secondary N) is 1. The van der Waals surface area contributed by atoms with Crippen molar-refractivity contribution in [2.45, 2.75) is 46.6 Å². The average Bonchev–Trinajstić information content (AvgIpc) is 2.63. The number of likely N-dealkylation sites (tertiary alicyclic amines) is 1. The van der Waals surface area contributed by atoms with Crippen molar-refractivity contribution in [3.63, 3.8) is 0 Å². The highest BCUT2D eigenvalue weighted by Crippen LogP contribution is 2.27. The van der Waals surface area contributed by atoms with Crippen LogP contribution in [0.15, 0.2) is 27.4 Å². The zero-order valence-electron chi connectivity index (χ0n) is 16.8. The van der Waals surface area contributed by atoms with E-state index in [-0.39, 0.29) is 23.9 Å². The van der Waals surface area contributed by atoms with E-state index >= 15 is 0 Å². The lowest BCUT2D eigenvalue weighted by Crippen LogP contribution is -2.41. The van der Waals surface area contributed by atoms with Crippen molar-refractivity contribution < 1.29 is 19.1 Å². The summed E-state index contributed by atoms with van der Waals surface area (Å²) in [5.74, 6) is 0.140. The van der Waals surface area contributed by atoms with Crippen molar-refractivity contribution in [1.82, 2.24) is 4.90 Å². The van der Waals surface area contributed by atoms with Crippen LogP contribution in [0.3, 0.4) is 0 Å². The van der Waals surface area contributed by atoms with Gasteiger partial charge in [-0.3, -0.25) is 9.59 Å². The molecule has 7 nitrogen and oxygen atoms in total. The van der Waals surface area contributed by atoms with E-state index in [1.54, 1.807) is 0 Å². The third kappa shape index (κ3) is 5.19. The number of carbonyl (C=O) groups excluding carboxylic acids is 1. The Balaban J connectivity index is 0.000000878. The molecule has 0 saturated carbocycles. The molecule has 1 aromatic carbocycles. The van der Waals surface area contributed by atoms with E-state index in [0.29, 0.717) is 11.6 Å². The highest BCUT2D eigenvalue weighted by atomic mass is 16.4. The van der Waals surface area contributed by atoms with Crippen LogP contribution in [0.4, 0.5) is 5.69 Å². The van der Waals surface area contributed by atoms with E-state index in [4.69, 9.17) is 14.3 Å². The first-order chi connectivity index (χ1) is 13.3. The summed E-state index contributed by atoms with van der Waals surface area (Å²) in [6, 6.07) is 5.74. The molecule has 28 heavy (non-hydrogen) atoms. The number of benzene rings is 1. The largest absolute Gasteiger partial charge is 0.483 e. The van der Waals surface area contributed by atoms with Gasteiger partial charge in [-0.25, -0.2) is 4.79 Å². The summed E-state index contributed by atoms with van der Waals surface area (Å²) in [6.07, 6.45) is 1.79. The van der Waals surface area contributed by atoms with Gasteiger partial charge in [0.05, 0.1) is 0 Å². The van der Waals surface area contributed by atoms with E-state index in [1.807, 2.05) is 26.0 Å². The third-order valence-electron chi connectivity index (χ3n) is 5.18. The lowest BCUT2D eigenvalue weighted by atomic mass is 9.95. The number of anilines is 1. The summed E-state index contributed by atoms with van der Waals surface area (Å²) < 4.78 is 5.26. The second kappa shape index (κ2) is 9.50. The smallest absolute Gasteiger partial charge is 0.336 e. The minimum absolute atomic E-state index is 0.0555. The molecule has 0 bridgehead atoms. The maximum absolute atomic E-state index is 12.7. The standard InChI is InChI=1S/C20H26N2O3.CH2O2/c1-12(2)22-7-5-15(6-8-22)20(24)21-17-11-16-13(3)10-19(23)25-18(16)9-14(17)4;2-1-3/h9-12,15H,5-8H2,1-4H3,(H,21,24);1H,(H,2,3). The van der Waals surface area contributed by atoms with Crippen molar-refractivity contribution in [1.29, 1.82) is 0 Å². The third-order valence-corrected chi connectivity index (χ3v) is 5.18. The molecule has 1 aliphatic heterocycles. The van der Waals surface area contributed by atoms with Crippen molar-refractivity contribution in [3.05, 3.63) is 39.7 Å². The second-order valence-electron chi connectivity index (χ2n) is 7.41. The van der Waals surface area contributed by atoms with Crippen molar-refractivity contribution in [2.24, 2.45) is 5.92 Å². The quantitative estimate of drug-likeness (QED) is 0.619. The van der Waals surface area contributed by atoms with E-state index in [2.05, 4.69) is 24.1 Å². The number of rotatable bonds is 3. The molecule has 0 aliphatic carbocycles. The minimum atomic E-state index is -0.349. The Morgan fingerprint density at radius 3 is 2.39 bits per heavy atom. The number of hydrogen-bond donors (Lipinski definition) is 2. The second-order valence-corrected chi connectivity index (χ2v) is 7.41. The molecule has 3 rings (SSSR count). The maximum atomic E-state index is 12.7. The first-order valence-corrected chi connectivity index (χ1v) is 9.44. The highest BCUT2D eigenvalue weighted by molar-refractivity contribution is 5.96. The van der Waals surface area contributed by atoms with Gasteiger partial charge in [0.1, 0.15) is 5.58 Å². The molecule has 2 aromatic rings. The summed E-state index contributed by atoms with van der Waals surface area (Å²) in [5, 5.41) is 10.8. The van der Waals surface area contributed by atoms with Crippen LogP contribution in [-0.4, -0.2) is 41.5 Å². The fourth-order valence-electron chi connectivity index (χ4n) is 3.51. The molecule has 1 saturated heterocycles. The molecule has 1 fully saturated rings. The molecule has 2 N–H and O–H groups in total. The van der Waals surface area contributed by atoms with Gasteiger partial charge < -0.3 is 19.7 Å². The Bertz CT molecular complexity index is 896. The van der Waals surface area contributed by atoms with Crippen molar-refractivity contribution >= 4 is 29.0 Å². The maximum Gasteiger partial charge on any atom is 0.336 e. The van der Waals surface area contributed by atoms with Gasteiger partial charge >= 0.3 is 5.63 Å². The van der Waals surface area contributed by atoms with Gasteiger partial charge in [0.2, 0.25) is 5.91 Å². The summed E-state index contributed by atoms with van der Waals surface area (Å²) in [6.45, 7) is 9.87. The fraction of sp³-hybridized carbons (Fsp3) is 0.476. The predicted molar refractivity (Wildman–Crippen MR) is 109 cm³/mol. The zero-order chi connectivity index (χ0) is 20.8. The number of nitrogens with zero attached hydrogens (tertiary/aromatic N) is 1. The average molecular weight is 388 g/mol. The van der Waals surface area contributed by atoms with Crippen LogP contribution >= 0.6 is 0 Å². The van der Waals surface area contributed by atoms with Gasteiger partial charge in [0.15, 0.2) is 0 Å². The molecule has 0 atom stereocenters. The number of fused-ring (bicyclic) bond motifs is 1. The van der Waals surface area contributed by atoms with E-state index in [0.717, 1.165) is 48.1 Å². The first kappa shape index (κ1) is 21.6. The number of amides is 1. The summed E-state index contributed by atoms with van der Waals surface area (Å²) in [5.41, 5.74) is 2.76. The molecule has 0 spiro atoms. The molecular weight excluding hydrogens is 360 g/mol. The zero-order valence-corrected chi connectivity index (χ0v) is 16.8. The van der Waals surface area contributed by atoms with E-state index in [9.17, 15) is 9.59 Å². The lowest BCUT2D eigenvalue weighted by molar-refractivity contribution is -0.123. The van der Waals surface area contributed by atoms with Crippen LogP contribution in [0.2, 0.25) is 0 Å². The first-order valence-electron chi connectivity index (χ1n) is 9.44. The Morgan fingerprint density at radius 1 is 1.21 bits per heavy atom. The highest BCUT2D eigenvalue weighted by Gasteiger charge is 2.26. The number of carboxylic acid groups (broad SMARTS) is 1. The Labute approximate surface area is 164 Å². The van der Waals surface area contributed by atoms with Gasteiger partial charge in [-0.2, -0.15) is 0 Å². The van der Waals surface area contributed by atoms with Crippen LogP contribution in [0.25, 0.3) is 11.0 Å². The number of piperidine rings is 1. The summed E-state index contributed by atoms with van der Waals surface area (Å²) in [4.78, 5) is 35.0. The molecule has 1 aromatic heterocycles. The van der Waals surface area contributed by atoms with Gasteiger partial charge in [-0.15, -0.1) is 0 Å². The van der Waals surface area contributed by atoms with Crippen LogP contribution in [0.5, 0.6) is 0 Å². The number of aryl methyl sites for hydroxylation is 2. The Kier molecular flexibility index (Phi) is 7.34. The lowest BCUT2D eigenvalue weighted by Gasteiger charge is -2.34. The summed E-state index contributed by atoms with van der Waals surface area (Å²) >= 11 is 0. The number of carbonyl (C=O) groups is 2. The monoisotopic (exact) mass is 388 g/mol. The van der Waals surface area contributed by atoms with Gasteiger partial charge in [0.25, 0.3) is 6.47 Å². The molecule has 7 heteroatoms. The Morgan fingerprint density at radius 2 is 1.82 bits per heavy atom. The van der Waals surface area contributed by atoms with Gasteiger partial charge in [0, 0.05) is 29.1 Å². The fourth-order valence-corrected chi connectivity index (χ4v) is 3.51. The predicted octanol–water partition coefficient (Wildman–Crippen LogP) is 3.17. The van der Waals surface area contributed by atoms with E-state index < -0.39 is 0 Å². The molecule has 1 aliphatic rings.